The molecule has 0 aliphatic carbocycles. The first-order valence-corrected chi connectivity index (χ1v) is 8.17. The molecular formula is C20H25NO3. The predicted octanol–water partition coefficient (Wildman–Crippen LogP) is 2.81. The smallest absolute Gasteiger partial charge is 0.347 e. The fourth-order valence-corrected chi connectivity index (χ4v) is 2.67. The molecule has 0 fully saturated rings. The molecule has 4 nitrogen and oxygen atoms in total. The summed E-state index contributed by atoms with van der Waals surface area (Å²) in [6, 6.07) is 17.9. The Hall–Kier alpha value is -2.17. The summed E-state index contributed by atoms with van der Waals surface area (Å²) in [6.07, 6.45) is 0.857. The Morgan fingerprint density at radius 1 is 1.04 bits per heavy atom. The van der Waals surface area contributed by atoms with E-state index in [9.17, 15) is 9.90 Å². The lowest BCUT2D eigenvalue weighted by Gasteiger charge is -2.29. The van der Waals surface area contributed by atoms with Crippen molar-refractivity contribution in [1.29, 1.82) is 0 Å². The van der Waals surface area contributed by atoms with Crippen molar-refractivity contribution >= 4 is 5.97 Å². The fraction of sp³-hybridized carbons (Fsp3) is 0.350. The van der Waals surface area contributed by atoms with E-state index in [1.807, 2.05) is 38.1 Å². The van der Waals surface area contributed by atoms with Crippen LogP contribution >= 0.6 is 0 Å². The Balaban J connectivity index is 2.32. The third kappa shape index (κ3) is 3.83. The first-order valence-electron chi connectivity index (χ1n) is 8.17. The van der Waals surface area contributed by atoms with Crippen LogP contribution in [0.1, 0.15) is 24.5 Å². The quantitative estimate of drug-likeness (QED) is 0.795. The van der Waals surface area contributed by atoms with Crippen molar-refractivity contribution in [3.63, 3.8) is 0 Å². The molecule has 0 unspecified atom stereocenters. The number of esters is 1. The molecule has 0 aliphatic rings. The van der Waals surface area contributed by atoms with Crippen molar-refractivity contribution in [3.05, 3.63) is 71.8 Å². The molecule has 1 atom stereocenters. The van der Waals surface area contributed by atoms with Crippen LogP contribution in [0.25, 0.3) is 0 Å². The molecule has 0 saturated carbocycles. The molecule has 0 amide bonds. The second-order valence-electron chi connectivity index (χ2n) is 6.07. The van der Waals surface area contributed by atoms with Gasteiger partial charge in [0.15, 0.2) is 0 Å². The van der Waals surface area contributed by atoms with Gasteiger partial charge in [0.1, 0.15) is 6.61 Å². The van der Waals surface area contributed by atoms with Crippen LogP contribution in [0.4, 0.5) is 0 Å². The summed E-state index contributed by atoms with van der Waals surface area (Å²) in [5.41, 5.74) is -0.814. The Bertz CT molecular complexity index is 601. The number of aliphatic hydroxyl groups is 1. The molecule has 0 aromatic heterocycles. The summed E-state index contributed by atoms with van der Waals surface area (Å²) in [5.74, 6) is -0.653. The van der Waals surface area contributed by atoms with Gasteiger partial charge in [-0.1, -0.05) is 67.6 Å². The summed E-state index contributed by atoms with van der Waals surface area (Å²) < 4.78 is 5.50. The van der Waals surface area contributed by atoms with Gasteiger partial charge in [-0.05, 0) is 31.6 Å². The topological polar surface area (TPSA) is 49.8 Å². The van der Waals surface area contributed by atoms with E-state index in [1.165, 1.54) is 0 Å². The number of nitrogens with zero attached hydrogens (tertiary/aromatic N) is 1. The number of hydrogen-bond donors (Lipinski definition) is 1. The Labute approximate surface area is 143 Å². The molecule has 128 valence electrons. The van der Waals surface area contributed by atoms with Gasteiger partial charge in [0.2, 0.25) is 5.60 Å². The maximum absolute atomic E-state index is 12.8. The van der Waals surface area contributed by atoms with Crippen molar-refractivity contribution in [2.45, 2.75) is 25.0 Å². The van der Waals surface area contributed by atoms with Gasteiger partial charge in [-0.3, -0.25) is 0 Å². The average molecular weight is 327 g/mol. The minimum Gasteiger partial charge on any atom is -0.461 e. The van der Waals surface area contributed by atoms with Crippen LogP contribution in [-0.2, 0) is 15.1 Å². The first kappa shape index (κ1) is 18.2. The minimum absolute atomic E-state index is 0.116. The van der Waals surface area contributed by atoms with E-state index < -0.39 is 11.6 Å². The van der Waals surface area contributed by atoms with E-state index in [4.69, 9.17) is 4.74 Å². The lowest BCUT2D eigenvalue weighted by molar-refractivity contribution is -0.163. The highest BCUT2D eigenvalue weighted by atomic mass is 16.6. The molecule has 2 rings (SSSR count). The maximum atomic E-state index is 12.8. The molecule has 24 heavy (non-hydrogen) atoms. The summed E-state index contributed by atoms with van der Waals surface area (Å²) in [6.45, 7) is 2.28. The van der Waals surface area contributed by atoms with Crippen LogP contribution in [0.5, 0.6) is 0 Å². The number of carbonyl (C=O) groups excluding carboxylic acids is 1. The van der Waals surface area contributed by atoms with Crippen LogP contribution < -0.4 is 0 Å². The average Bonchev–Trinajstić information content (AvgIpc) is 2.62. The van der Waals surface area contributed by atoms with E-state index in [0.717, 1.165) is 6.42 Å². The summed E-state index contributed by atoms with van der Waals surface area (Å²) in [7, 11) is 3.89. The summed E-state index contributed by atoms with van der Waals surface area (Å²) in [4.78, 5) is 14.8. The third-order valence-corrected chi connectivity index (χ3v) is 4.29. The second-order valence-corrected chi connectivity index (χ2v) is 6.07. The molecule has 0 radical (unpaired) electrons. The first-order chi connectivity index (χ1) is 11.5. The lowest BCUT2D eigenvalue weighted by Crippen LogP contribution is -2.41. The van der Waals surface area contributed by atoms with Gasteiger partial charge in [0, 0.05) is 6.04 Å². The minimum atomic E-state index is -1.81. The number of hydrogen-bond acceptors (Lipinski definition) is 4. The zero-order chi connectivity index (χ0) is 17.6. The van der Waals surface area contributed by atoms with Gasteiger partial charge in [-0.2, -0.15) is 0 Å². The van der Waals surface area contributed by atoms with Gasteiger partial charge < -0.3 is 14.7 Å². The fourth-order valence-electron chi connectivity index (χ4n) is 2.67. The molecule has 2 aromatic rings. The highest BCUT2D eigenvalue weighted by Gasteiger charge is 2.41. The molecule has 0 heterocycles. The molecule has 0 saturated heterocycles. The largest absolute Gasteiger partial charge is 0.461 e. The van der Waals surface area contributed by atoms with E-state index in [0.29, 0.717) is 11.1 Å². The Kier molecular flexibility index (Phi) is 6.12. The molecule has 1 N–H and O–H groups in total. The van der Waals surface area contributed by atoms with Crippen LogP contribution in [0, 0.1) is 0 Å². The van der Waals surface area contributed by atoms with Crippen LogP contribution in [-0.4, -0.2) is 42.7 Å². The summed E-state index contributed by atoms with van der Waals surface area (Å²) >= 11 is 0. The van der Waals surface area contributed by atoms with Crippen molar-refractivity contribution in [1.82, 2.24) is 4.90 Å². The predicted molar refractivity (Wildman–Crippen MR) is 94.6 cm³/mol. The van der Waals surface area contributed by atoms with Gasteiger partial charge in [-0.25, -0.2) is 4.79 Å². The normalized spacial score (nSPS) is 12.9. The second kappa shape index (κ2) is 8.08. The maximum Gasteiger partial charge on any atom is 0.347 e. The van der Waals surface area contributed by atoms with Gasteiger partial charge in [-0.15, -0.1) is 0 Å². The number of benzene rings is 2. The highest BCUT2D eigenvalue weighted by Crippen LogP contribution is 2.31. The van der Waals surface area contributed by atoms with E-state index in [-0.39, 0.29) is 12.6 Å². The Morgan fingerprint density at radius 2 is 1.50 bits per heavy atom. The van der Waals surface area contributed by atoms with Crippen molar-refractivity contribution in [2.24, 2.45) is 0 Å². The monoisotopic (exact) mass is 327 g/mol. The molecule has 0 bridgehead atoms. The van der Waals surface area contributed by atoms with Gasteiger partial charge in [0.05, 0.1) is 0 Å². The molecular weight excluding hydrogens is 302 g/mol. The zero-order valence-electron chi connectivity index (χ0n) is 14.5. The lowest BCUT2D eigenvalue weighted by atomic mass is 9.86. The van der Waals surface area contributed by atoms with Crippen molar-refractivity contribution in [2.75, 3.05) is 20.7 Å². The van der Waals surface area contributed by atoms with E-state index in [2.05, 4.69) is 0 Å². The molecule has 4 heteroatoms. The Morgan fingerprint density at radius 3 is 1.88 bits per heavy atom. The molecule has 2 aromatic carbocycles. The zero-order valence-corrected chi connectivity index (χ0v) is 14.5. The molecule has 0 spiro atoms. The van der Waals surface area contributed by atoms with Crippen molar-refractivity contribution in [3.8, 4) is 0 Å². The van der Waals surface area contributed by atoms with Crippen LogP contribution in [0.2, 0.25) is 0 Å². The number of carbonyl (C=O) groups is 1. The van der Waals surface area contributed by atoms with Crippen molar-refractivity contribution < 1.29 is 14.6 Å². The number of ether oxygens (including phenoxy) is 1. The van der Waals surface area contributed by atoms with Crippen LogP contribution in [0.3, 0.4) is 0 Å². The molecule has 0 aliphatic heterocycles. The number of likely N-dealkylation sites (N-methyl/N-ethyl adjacent to an activating group) is 1. The SMILES string of the molecule is CC[C@@H](COC(=O)C(O)(c1ccccc1)c1ccccc1)N(C)C. The highest BCUT2D eigenvalue weighted by molar-refractivity contribution is 5.85. The standard InChI is InChI=1S/C20H25NO3/c1-4-18(21(2)3)15-24-19(22)20(23,16-11-7-5-8-12-16)17-13-9-6-10-14-17/h5-14,18,23H,4,15H2,1-3H3/t18-/m0/s1. The van der Waals surface area contributed by atoms with Crippen LogP contribution in [0.15, 0.2) is 60.7 Å². The van der Waals surface area contributed by atoms with Gasteiger partial charge >= 0.3 is 5.97 Å². The van der Waals surface area contributed by atoms with E-state index in [1.54, 1.807) is 48.5 Å². The van der Waals surface area contributed by atoms with Gasteiger partial charge in [0.25, 0.3) is 0 Å². The van der Waals surface area contributed by atoms with E-state index >= 15 is 0 Å². The third-order valence-electron chi connectivity index (χ3n) is 4.29. The number of rotatable bonds is 7. The summed E-state index contributed by atoms with van der Waals surface area (Å²) in [5, 5.41) is 11.3.